The molecule has 0 unspecified atom stereocenters. The van der Waals surface area contributed by atoms with E-state index >= 15 is 0 Å². The van der Waals surface area contributed by atoms with Crippen LogP contribution < -0.4 is 20.1 Å². The highest BCUT2D eigenvalue weighted by Gasteiger charge is 2.21. The van der Waals surface area contributed by atoms with E-state index in [2.05, 4.69) is 15.7 Å². The van der Waals surface area contributed by atoms with Gasteiger partial charge < -0.3 is 24.8 Å². The molecule has 5 aromatic rings. The lowest BCUT2D eigenvalue weighted by atomic mass is 10.1. The molecular formula is C33H34N6O6. The second-order valence-electron chi connectivity index (χ2n) is 11.3. The third-order valence-corrected chi connectivity index (χ3v) is 6.51. The monoisotopic (exact) mass is 610 g/mol. The largest absolute Gasteiger partial charge is 0.493 e. The number of anilines is 3. The molecule has 0 saturated carbocycles. The topological polar surface area (TPSA) is 147 Å². The third kappa shape index (κ3) is 7.18. The fraction of sp³-hybridized carbons (Fsp3) is 0.273. The van der Waals surface area contributed by atoms with Gasteiger partial charge in [-0.1, -0.05) is 19.1 Å². The zero-order valence-electron chi connectivity index (χ0n) is 25.9. The Kier molecular flexibility index (Phi) is 8.66. The van der Waals surface area contributed by atoms with Gasteiger partial charge >= 0.3 is 12.1 Å². The summed E-state index contributed by atoms with van der Waals surface area (Å²) < 4.78 is 17.6. The molecule has 0 saturated heterocycles. The summed E-state index contributed by atoms with van der Waals surface area (Å²) in [4.78, 5) is 46.4. The van der Waals surface area contributed by atoms with Crippen LogP contribution in [-0.2, 0) is 14.3 Å². The van der Waals surface area contributed by atoms with E-state index in [4.69, 9.17) is 24.2 Å². The number of hydrogen-bond acceptors (Lipinski definition) is 10. The first-order valence-electron chi connectivity index (χ1n) is 14.4. The molecule has 2 aromatic heterocycles. The number of nitrogens with zero attached hydrogens (tertiary/aromatic N) is 4. The van der Waals surface area contributed by atoms with Crippen molar-refractivity contribution in [3.05, 3.63) is 60.8 Å². The van der Waals surface area contributed by atoms with E-state index in [1.165, 1.54) is 18.7 Å². The number of amides is 1. The molecule has 0 aliphatic heterocycles. The molecule has 0 radical (unpaired) electrons. The van der Waals surface area contributed by atoms with Crippen LogP contribution in [-0.4, -0.2) is 50.4 Å². The van der Waals surface area contributed by atoms with E-state index in [1.807, 2.05) is 25.1 Å². The molecular weight excluding hydrogens is 576 g/mol. The Bertz CT molecular complexity index is 1930. The number of nitrogens with one attached hydrogen (secondary N) is 2. The number of rotatable bonds is 8. The molecule has 45 heavy (non-hydrogen) atoms. The van der Waals surface area contributed by atoms with Crippen LogP contribution >= 0.6 is 0 Å². The summed E-state index contributed by atoms with van der Waals surface area (Å²) in [7, 11) is 1.48. The molecule has 2 N–H and O–H groups in total. The maximum Gasteiger partial charge on any atom is 0.435 e. The fourth-order valence-electron chi connectivity index (χ4n) is 4.64. The van der Waals surface area contributed by atoms with Crippen molar-refractivity contribution >= 4 is 57.0 Å². The minimum atomic E-state index is -0.670. The zero-order valence-corrected chi connectivity index (χ0v) is 25.9. The van der Waals surface area contributed by atoms with E-state index in [-0.39, 0.29) is 11.7 Å². The average Bonchev–Trinajstić information content (AvgIpc) is 3.39. The Hall–Kier alpha value is -5.52. The van der Waals surface area contributed by atoms with Crippen molar-refractivity contribution in [2.24, 2.45) is 0 Å². The van der Waals surface area contributed by atoms with Crippen molar-refractivity contribution in [1.29, 1.82) is 0 Å². The highest BCUT2D eigenvalue weighted by Crippen LogP contribution is 2.37. The second-order valence-corrected chi connectivity index (χ2v) is 11.3. The van der Waals surface area contributed by atoms with Gasteiger partial charge in [-0.3, -0.25) is 9.59 Å². The number of carbonyl (C=O) groups excluding carboxylic acids is 3. The fourth-order valence-corrected chi connectivity index (χ4v) is 4.64. The van der Waals surface area contributed by atoms with Gasteiger partial charge in [0.15, 0.2) is 17.3 Å². The smallest absolute Gasteiger partial charge is 0.435 e. The van der Waals surface area contributed by atoms with E-state index in [9.17, 15) is 14.4 Å². The number of methoxy groups -OCH3 is 1. The summed E-state index contributed by atoms with van der Waals surface area (Å²) in [5.41, 5.74) is 2.38. The van der Waals surface area contributed by atoms with Crippen LogP contribution in [0, 0.1) is 0 Å². The SMILES string of the molecule is CCCC(=O)Nc1cccc(-c2nc(Nc3ccc4c(cnn4C(=O)OC(C)(C)C)c3)c3cc(OC(C)=O)c(OC)cc3n2)c1. The second kappa shape index (κ2) is 12.6. The molecule has 0 atom stereocenters. The van der Waals surface area contributed by atoms with Gasteiger partial charge in [-0.15, -0.1) is 0 Å². The number of carbonyl (C=O) groups is 3. The van der Waals surface area contributed by atoms with Crippen molar-refractivity contribution in [3.8, 4) is 22.9 Å². The lowest BCUT2D eigenvalue weighted by Crippen LogP contribution is -2.27. The summed E-state index contributed by atoms with van der Waals surface area (Å²) in [6.45, 7) is 8.63. The van der Waals surface area contributed by atoms with Crippen LogP contribution in [0.25, 0.3) is 33.2 Å². The maximum absolute atomic E-state index is 12.7. The molecule has 3 aromatic carbocycles. The Labute approximate surface area is 259 Å². The van der Waals surface area contributed by atoms with Gasteiger partial charge in [-0.05, 0) is 63.6 Å². The number of benzene rings is 3. The summed E-state index contributed by atoms with van der Waals surface area (Å²) in [5, 5.41) is 11.7. The van der Waals surface area contributed by atoms with Crippen molar-refractivity contribution in [1.82, 2.24) is 19.7 Å². The predicted molar refractivity (Wildman–Crippen MR) is 171 cm³/mol. The molecule has 0 spiro atoms. The van der Waals surface area contributed by atoms with Crippen molar-refractivity contribution < 1.29 is 28.6 Å². The third-order valence-electron chi connectivity index (χ3n) is 6.51. The Balaban J connectivity index is 1.59. The van der Waals surface area contributed by atoms with E-state index in [0.29, 0.717) is 62.6 Å². The van der Waals surface area contributed by atoms with E-state index in [0.717, 1.165) is 6.42 Å². The van der Waals surface area contributed by atoms with Crippen molar-refractivity contribution in [3.63, 3.8) is 0 Å². The molecule has 12 nitrogen and oxygen atoms in total. The van der Waals surface area contributed by atoms with Gasteiger partial charge in [0, 0.05) is 47.1 Å². The lowest BCUT2D eigenvalue weighted by molar-refractivity contribution is -0.132. The minimum absolute atomic E-state index is 0.0791. The van der Waals surface area contributed by atoms with Gasteiger partial charge in [0.25, 0.3) is 0 Å². The van der Waals surface area contributed by atoms with Gasteiger partial charge in [0.05, 0.1) is 24.3 Å². The van der Waals surface area contributed by atoms with Crippen LogP contribution in [0.4, 0.5) is 22.0 Å². The summed E-state index contributed by atoms with van der Waals surface area (Å²) in [5.74, 6) is 0.762. The quantitative estimate of drug-likeness (QED) is 0.141. The van der Waals surface area contributed by atoms with Gasteiger partial charge in [-0.25, -0.2) is 14.8 Å². The van der Waals surface area contributed by atoms with Gasteiger partial charge in [0.2, 0.25) is 5.91 Å². The summed E-state index contributed by atoms with van der Waals surface area (Å²) in [6.07, 6.45) is 2.15. The van der Waals surface area contributed by atoms with Crippen molar-refractivity contribution in [2.45, 2.75) is 53.1 Å². The molecule has 232 valence electrons. The Morgan fingerprint density at radius 2 is 1.76 bits per heavy atom. The first-order chi connectivity index (χ1) is 21.4. The maximum atomic E-state index is 12.7. The minimum Gasteiger partial charge on any atom is -0.493 e. The molecule has 2 heterocycles. The van der Waals surface area contributed by atoms with Crippen LogP contribution in [0.2, 0.25) is 0 Å². The van der Waals surface area contributed by atoms with E-state index < -0.39 is 17.7 Å². The highest BCUT2D eigenvalue weighted by molar-refractivity contribution is 5.97. The van der Waals surface area contributed by atoms with Crippen LogP contribution in [0.1, 0.15) is 47.5 Å². The number of ether oxygens (including phenoxy) is 3. The highest BCUT2D eigenvalue weighted by atomic mass is 16.6. The van der Waals surface area contributed by atoms with Crippen LogP contribution in [0.5, 0.6) is 11.5 Å². The van der Waals surface area contributed by atoms with Gasteiger partial charge in [0.1, 0.15) is 11.4 Å². The van der Waals surface area contributed by atoms with Gasteiger partial charge in [-0.2, -0.15) is 9.78 Å². The molecule has 0 aliphatic carbocycles. The molecule has 0 aliphatic rings. The summed E-state index contributed by atoms with van der Waals surface area (Å²) >= 11 is 0. The summed E-state index contributed by atoms with van der Waals surface area (Å²) in [6, 6.07) is 16.0. The Morgan fingerprint density at radius 1 is 0.956 bits per heavy atom. The first-order valence-corrected chi connectivity index (χ1v) is 14.4. The van der Waals surface area contributed by atoms with E-state index in [1.54, 1.807) is 63.4 Å². The number of esters is 1. The van der Waals surface area contributed by atoms with Crippen LogP contribution in [0.3, 0.4) is 0 Å². The standard InChI is InChI=1S/C33H34N6O6/c1-7-9-29(41)35-22-11-8-10-20(14-22)30-37-25-17-27(43-6)28(44-19(2)40)16-24(25)31(38-30)36-23-12-13-26-21(15-23)18-34-39(26)32(42)45-33(3,4)5/h8,10-18H,7,9H2,1-6H3,(H,35,41)(H,36,37,38). The predicted octanol–water partition coefficient (Wildman–Crippen LogP) is 6.85. The van der Waals surface area contributed by atoms with Crippen LogP contribution in [0.15, 0.2) is 60.8 Å². The number of hydrogen-bond donors (Lipinski definition) is 2. The Morgan fingerprint density at radius 3 is 2.47 bits per heavy atom. The van der Waals surface area contributed by atoms with Crippen molar-refractivity contribution in [2.75, 3.05) is 17.7 Å². The molecule has 5 rings (SSSR count). The molecule has 0 bridgehead atoms. The lowest BCUT2D eigenvalue weighted by Gasteiger charge is -2.19. The average molecular weight is 611 g/mol. The molecule has 1 amide bonds. The number of fused-ring (bicyclic) bond motifs is 2. The normalized spacial score (nSPS) is 11.3. The zero-order chi connectivity index (χ0) is 32.3. The molecule has 0 fully saturated rings. The number of aromatic nitrogens is 4. The molecule has 12 heteroatoms. The first kappa shape index (κ1) is 30.9.